The number of hydrogen-bond acceptors (Lipinski definition) is 5. The number of carbonyl (C=O) groups is 2. The number of carbonyl (C=O) groups excluding carboxylic acids is 2. The predicted octanol–water partition coefficient (Wildman–Crippen LogP) is 3.42. The van der Waals surface area contributed by atoms with Gasteiger partial charge >= 0.3 is 0 Å². The third-order valence-corrected chi connectivity index (χ3v) is 4.69. The Morgan fingerprint density at radius 3 is 2.35 bits per heavy atom. The second-order valence-electron chi connectivity index (χ2n) is 7.85. The second-order valence-corrected chi connectivity index (χ2v) is 7.85. The summed E-state index contributed by atoms with van der Waals surface area (Å²) in [7, 11) is 0. The van der Waals surface area contributed by atoms with Gasteiger partial charge in [0.15, 0.2) is 11.6 Å². The second kappa shape index (κ2) is 9.28. The Hall–Kier alpha value is -1.72. The lowest BCUT2D eigenvalue weighted by atomic mass is 9.82. The molecule has 26 heavy (non-hydrogen) atoms. The molecule has 5 nitrogen and oxygen atoms in total. The van der Waals surface area contributed by atoms with Crippen molar-refractivity contribution in [3.63, 3.8) is 0 Å². The molecule has 0 heterocycles. The molecule has 1 aliphatic carbocycles. The molecule has 0 aromatic rings. The highest BCUT2D eigenvalue weighted by Crippen LogP contribution is 2.43. The van der Waals surface area contributed by atoms with E-state index in [0.29, 0.717) is 6.42 Å². The van der Waals surface area contributed by atoms with Crippen LogP contribution in [0.25, 0.3) is 0 Å². The number of allylic oxidation sites excluding steroid dienone is 4. The first-order valence-corrected chi connectivity index (χ1v) is 9.17. The van der Waals surface area contributed by atoms with E-state index in [2.05, 4.69) is 0 Å². The van der Waals surface area contributed by atoms with Gasteiger partial charge in [-0.25, -0.2) is 0 Å². The van der Waals surface area contributed by atoms with Crippen LogP contribution in [0.1, 0.15) is 60.3 Å². The summed E-state index contributed by atoms with van der Waals surface area (Å²) in [6.45, 7) is 9.19. The van der Waals surface area contributed by atoms with Gasteiger partial charge in [-0.2, -0.15) is 0 Å². The van der Waals surface area contributed by atoms with E-state index in [1.54, 1.807) is 13.0 Å². The van der Waals surface area contributed by atoms with Gasteiger partial charge in [-0.15, -0.1) is 0 Å². The molecule has 3 N–H and O–H groups in total. The van der Waals surface area contributed by atoms with Crippen molar-refractivity contribution >= 4 is 11.6 Å². The van der Waals surface area contributed by atoms with Gasteiger partial charge in [-0.05, 0) is 46.0 Å². The van der Waals surface area contributed by atoms with E-state index in [4.69, 9.17) is 5.11 Å². The maximum Gasteiger partial charge on any atom is 0.176 e. The Kier molecular flexibility index (Phi) is 7.97. The molecule has 0 fully saturated rings. The molecular weight excluding hydrogens is 332 g/mol. The number of aliphatic hydroxyl groups excluding tert-OH is 2. The number of rotatable bonds is 9. The Morgan fingerprint density at radius 2 is 1.85 bits per heavy atom. The minimum atomic E-state index is -1.75. The maximum atomic E-state index is 12.8. The fourth-order valence-electron chi connectivity index (χ4n) is 3.18. The molecule has 0 unspecified atom stereocenters. The lowest BCUT2D eigenvalue weighted by Gasteiger charge is -2.28. The third kappa shape index (κ3) is 5.15. The largest absolute Gasteiger partial charge is 0.508 e. The predicted molar refractivity (Wildman–Crippen MR) is 102 cm³/mol. The summed E-state index contributed by atoms with van der Waals surface area (Å²) in [6, 6.07) is 0. The number of ketones is 2. The number of Topliss-reactive ketones (excluding diaryl/α,β-unsaturated/α-hetero) is 2. The average Bonchev–Trinajstić information content (AvgIpc) is 2.71. The molecule has 0 spiro atoms. The molecule has 1 rings (SSSR count). The molecule has 146 valence electrons. The van der Waals surface area contributed by atoms with Gasteiger partial charge in [0.05, 0.1) is 12.5 Å². The van der Waals surface area contributed by atoms with Crippen molar-refractivity contribution in [2.24, 2.45) is 11.8 Å². The summed E-state index contributed by atoms with van der Waals surface area (Å²) in [5, 5.41) is 30.8. The van der Waals surface area contributed by atoms with Crippen LogP contribution in [0.2, 0.25) is 0 Å². The van der Waals surface area contributed by atoms with E-state index in [1.165, 1.54) is 0 Å². The molecule has 0 amide bonds. The van der Waals surface area contributed by atoms with Crippen LogP contribution in [0.4, 0.5) is 0 Å². The highest BCUT2D eigenvalue weighted by molar-refractivity contribution is 6.23. The zero-order chi connectivity index (χ0) is 20.1. The molecule has 0 aromatic carbocycles. The summed E-state index contributed by atoms with van der Waals surface area (Å²) >= 11 is 0. The summed E-state index contributed by atoms with van der Waals surface area (Å²) in [5.41, 5.74) is -0.246. The van der Waals surface area contributed by atoms with Crippen molar-refractivity contribution in [1.29, 1.82) is 0 Å². The van der Waals surface area contributed by atoms with E-state index >= 15 is 0 Å². The SMILES string of the molecule is CC(C)=CC[C@@H]1C(=O)C(C(=O)CC(C)C)=C(O)[C@@]1(O)CC/C=C(\C)CO. The first-order valence-electron chi connectivity index (χ1n) is 9.17. The van der Waals surface area contributed by atoms with Crippen LogP contribution >= 0.6 is 0 Å². The average molecular weight is 364 g/mol. The third-order valence-electron chi connectivity index (χ3n) is 4.69. The summed E-state index contributed by atoms with van der Waals surface area (Å²) in [4.78, 5) is 25.3. The molecule has 0 saturated heterocycles. The highest BCUT2D eigenvalue weighted by atomic mass is 16.3. The van der Waals surface area contributed by atoms with Crippen molar-refractivity contribution in [3.8, 4) is 0 Å². The minimum absolute atomic E-state index is 0.0515. The Balaban J connectivity index is 3.23. The van der Waals surface area contributed by atoms with Crippen molar-refractivity contribution in [1.82, 2.24) is 0 Å². The fraction of sp³-hybridized carbons (Fsp3) is 0.619. The smallest absolute Gasteiger partial charge is 0.176 e. The summed E-state index contributed by atoms with van der Waals surface area (Å²) in [6.07, 6.45) is 4.52. The van der Waals surface area contributed by atoms with Crippen LogP contribution in [0.5, 0.6) is 0 Å². The quantitative estimate of drug-likeness (QED) is 0.430. The first-order chi connectivity index (χ1) is 12.0. The number of aliphatic hydroxyl groups is 3. The standard InChI is InChI=1S/C21H32O5/c1-13(2)8-9-16-19(24)18(17(23)11-14(3)4)20(25)21(16,26)10-6-7-15(5)12-22/h7-8,14,16,22,25-26H,6,9-12H2,1-5H3/b15-7+/t16-,21-/m1/s1. The van der Waals surface area contributed by atoms with Crippen LogP contribution < -0.4 is 0 Å². The molecular formula is C21H32O5. The Bertz CT molecular complexity index is 635. The maximum absolute atomic E-state index is 12.8. The van der Waals surface area contributed by atoms with Crippen LogP contribution in [-0.4, -0.2) is 39.1 Å². The number of hydrogen-bond donors (Lipinski definition) is 3. The summed E-state index contributed by atoms with van der Waals surface area (Å²) < 4.78 is 0. The van der Waals surface area contributed by atoms with Crippen LogP contribution in [0.15, 0.2) is 34.6 Å². The van der Waals surface area contributed by atoms with E-state index in [1.807, 2.05) is 33.8 Å². The Morgan fingerprint density at radius 1 is 1.23 bits per heavy atom. The van der Waals surface area contributed by atoms with Gasteiger partial charge in [0, 0.05) is 6.42 Å². The molecule has 2 atom stereocenters. The molecule has 0 aliphatic heterocycles. The van der Waals surface area contributed by atoms with Gasteiger partial charge in [0.1, 0.15) is 16.9 Å². The molecule has 0 aromatic heterocycles. The lowest BCUT2D eigenvalue weighted by molar-refractivity contribution is -0.126. The summed E-state index contributed by atoms with van der Waals surface area (Å²) in [5.74, 6) is -2.20. The van der Waals surface area contributed by atoms with E-state index in [-0.39, 0.29) is 37.4 Å². The van der Waals surface area contributed by atoms with Gasteiger partial charge in [0.25, 0.3) is 0 Å². The van der Waals surface area contributed by atoms with E-state index in [9.17, 15) is 19.8 Å². The minimum Gasteiger partial charge on any atom is -0.508 e. The van der Waals surface area contributed by atoms with E-state index < -0.39 is 28.8 Å². The van der Waals surface area contributed by atoms with Crippen molar-refractivity contribution in [2.45, 2.75) is 65.9 Å². The topological polar surface area (TPSA) is 94.8 Å². The normalized spacial score (nSPS) is 23.8. The lowest BCUT2D eigenvalue weighted by Crippen LogP contribution is -2.38. The first kappa shape index (κ1) is 22.3. The zero-order valence-electron chi connectivity index (χ0n) is 16.5. The van der Waals surface area contributed by atoms with Crippen molar-refractivity contribution < 1.29 is 24.9 Å². The van der Waals surface area contributed by atoms with Gasteiger partial charge in [-0.1, -0.05) is 37.1 Å². The van der Waals surface area contributed by atoms with Crippen LogP contribution in [-0.2, 0) is 9.59 Å². The van der Waals surface area contributed by atoms with Gasteiger partial charge in [0.2, 0.25) is 0 Å². The van der Waals surface area contributed by atoms with Crippen LogP contribution in [0.3, 0.4) is 0 Å². The molecule has 1 aliphatic rings. The zero-order valence-corrected chi connectivity index (χ0v) is 16.5. The van der Waals surface area contributed by atoms with Gasteiger partial charge < -0.3 is 15.3 Å². The van der Waals surface area contributed by atoms with Crippen molar-refractivity contribution in [2.75, 3.05) is 6.61 Å². The van der Waals surface area contributed by atoms with Crippen molar-refractivity contribution in [3.05, 3.63) is 34.6 Å². The molecule has 5 heteroatoms. The highest BCUT2D eigenvalue weighted by Gasteiger charge is 2.53. The fourth-order valence-corrected chi connectivity index (χ4v) is 3.18. The van der Waals surface area contributed by atoms with Gasteiger partial charge in [-0.3, -0.25) is 9.59 Å². The van der Waals surface area contributed by atoms with Crippen LogP contribution in [0, 0.1) is 11.8 Å². The van der Waals surface area contributed by atoms with E-state index in [0.717, 1.165) is 11.1 Å². The Labute approximate surface area is 156 Å². The molecule has 0 bridgehead atoms. The molecule has 0 saturated carbocycles. The molecule has 0 radical (unpaired) electrons. The monoisotopic (exact) mass is 364 g/mol.